The molecule has 0 radical (unpaired) electrons. The second kappa shape index (κ2) is 8.32. The maximum Gasteiger partial charge on any atom is 0.0931 e. The fourth-order valence-corrected chi connectivity index (χ4v) is 2.89. The summed E-state index contributed by atoms with van der Waals surface area (Å²) in [6.45, 7) is 8.67. The Balaban J connectivity index is 0.00000208. The molecule has 0 amide bonds. The SMILES string of the molecule is Cc1c(-c2ccc(CNCCC(C)C)cc2)ccc2[nH]cnc12.Cl. The Morgan fingerprint density at radius 2 is 1.83 bits per heavy atom. The van der Waals surface area contributed by atoms with E-state index in [1.54, 1.807) is 6.33 Å². The van der Waals surface area contributed by atoms with Crippen molar-refractivity contribution in [3.63, 3.8) is 0 Å². The quantitative estimate of drug-likeness (QED) is 0.611. The van der Waals surface area contributed by atoms with Crippen LogP contribution in [0.15, 0.2) is 42.7 Å². The summed E-state index contributed by atoms with van der Waals surface area (Å²) < 4.78 is 0. The number of imidazole rings is 1. The zero-order valence-corrected chi connectivity index (χ0v) is 15.4. The third-order valence-electron chi connectivity index (χ3n) is 4.34. The van der Waals surface area contributed by atoms with Crippen LogP contribution in [0.4, 0.5) is 0 Å². The Hall–Kier alpha value is -1.84. The van der Waals surface area contributed by atoms with Gasteiger partial charge in [-0.05, 0) is 54.1 Å². The Morgan fingerprint density at radius 3 is 2.54 bits per heavy atom. The number of nitrogens with one attached hydrogen (secondary N) is 2. The number of aromatic nitrogens is 2. The zero-order chi connectivity index (χ0) is 16.2. The van der Waals surface area contributed by atoms with Gasteiger partial charge in [-0.1, -0.05) is 44.2 Å². The predicted octanol–water partition coefficient (Wildman–Crippen LogP) is 5.10. The number of aromatic amines is 1. The van der Waals surface area contributed by atoms with E-state index in [0.29, 0.717) is 0 Å². The molecule has 3 nitrogen and oxygen atoms in total. The maximum atomic E-state index is 4.42. The molecular weight excluding hydrogens is 318 g/mol. The Labute approximate surface area is 150 Å². The van der Waals surface area contributed by atoms with Crippen molar-refractivity contribution in [3.8, 4) is 11.1 Å². The number of hydrogen-bond donors (Lipinski definition) is 2. The van der Waals surface area contributed by atoms with Gasteiger partial charge in [0, 0.05) is 6.54 Å². The molecular formula is C20H26ClN3. The first-order chi connectivity index (χ1) is 11.1. The van der Waals surface area contributed by atoms with Crippen LogP contribution >= 0.6 is 12.4 Å². The summed E-state index contributed by atoms with van der Waals surface area (Å²) in [6.07, 6.45) is 2.98. The van der Waals surface area contributed by atoms with Crippen LogP contribution in [0.25, 0.3) is 22.2 Å². The molecule has 2 N–H and O–H groups in total. The first-order valence-corrected chi connectivity index (χ1v) is 8.38. The summed E-state index contributed by atoms with van der Waals surface area (Å²) in [5.41, 5.74) is 7.21. The third-order valence-corrected chi connectivity index (χ3v) is 4.34. The van der Waals surface area contributed by atoms with Crippen molar-refractivity contribution in [3.05, 3.63) is 53.9 Å². The largest absolute Gasteiger partial charge is 0.345 e. The lowest BCUT2D eigenvalue weighted by Crippen LogP contribution is -2.16. The molecule has 1 heterocycles. The minimum absolute atomic E-state index is 0. The second-order valence-corrected chi connectivity index (χ2v) is 6.59. The van der Waals surface area contributed by atoms with Gasteiger partial charge < -0.3 is 10.3 Å². The topological polar surface area (TPSA) is 40.7 Å². The molecule has 0 fully saturated rings. The lowest BCUT2D eigenvalue weighted by atomic mass is 9.98. The van der Waals surface area contributed by atoms with Crippen LogP contribution in [0.3, 0.4) is 0 Å². The molecule has 1 aromatic heterocycles. The molecule has 0 aliphatic rings. The summed E-state index contributed by atoms with van der Waals surface area (Å²) in [5.74, 6) is 0.754. The molecule has 3 aromatic rings. The van der Waals surface area contributed by atoms with Crippen molar-refractivity contribution < 1.29 is 0 Å². The van der Waals surface area contributed by atoms with E-state index in [1.165, 1.54) is 28.7 Å². The Morgan fingerprint density at radius 1 is 1.08 bits per heavy atom. The van der Waals surface area contributed by atoms with Crippen LogP contribution in [-0.2, 0) is 6.54 Å². The fraction of sp³-hybridized carbons (Fsp3) is 0.350. The molecule has 2 aromatic carbocycles. The van der Waals surface area contributed by atoms with Crippen LogP contribution in [0, 0.1) is 12.8 Å². The van der Waals surface area contributed by atoms with Gasteiger partial charge in [0.1, 0.15) is 0 Å². The highest BCUT2D eigenvalue weighted by molar-refractivity contribution is 5.86. The molecule has 0 unspecified atom stereocenters. The van der Waals surface area contributed by atoms with E-state index in [0.717, 1.165) is 30.0 Å². The van der Waals surface area contributed by atoms with E-state index >= 15 is 0 Å². The van der Waals surface area contributed by atoms with Gasteiger partial charge >= 0.3 is 0 Å². The normalized spacial score (nSPS) is 11.0. The van der Waals surface area contributed by atoms with Gasteiger partial charge in [-0.2, -0.15) is 0 Å². The van der Waals surface area contributed by atoms with E-state index < -0.39 is 0 Å². The third kappa shape index (κ3) is 4.16. The summed E-state index contributed by atoms with van der Waals surface area (Å²) >= 11 is 0. The van der Waals surface area contributed by atoms with Crippen molar-refractivity contribution in [2.45, 2.75) is 33.7 Å². The molecule has 0 saturated heterocycles. The standard InChI is InChI=1S/C20H25N3.ClH/c1-14(2)10-11-21-12-16-4-6-17(7-5-16)18-8-9-19-20(15(18)3)23-13-22-19;/h4-9,13-14,21H,10-12H2,1-3H3,(H,22,23);1H. The van der Waals surface area contributed by atoms with E-state index in [2.05, 4.69) is 72.5 Å². The lowest BCUT2D eigenvalue weighted by Gasteiger charge is -2.09. The van der Waals surface area contributed by atoms with Crippen LogP contribution in [0.1, 0.15) is 31.4 Å². The second-order valence-electron chi connectivity index (χ2n) is 6.59. The molecule has 4 heteroatoms. The number of rotatable bonds is 6. The van der Waals surface area contributed by atoms with Crippen LogP contribution < -0.4 is 5.32 Å². The van der Waals surface area contributed by atoms with Crippen LogP contribution in [-0.4, -0.2) is 16.5 Å². The highest BCUT2D eigenvalue weighted by Gasteiger charge is 2.07. The Kier molecular flexibility index (Phi) is 6.41. The average molecular weight is 344 g/mol. The maximum absolute atomic E-state index is 4.42. The van der Waals surface area contributed by atoms with Gasteiger partial charge in [0.25, 0.3) is 0 Å². The smallest absolute Gasteiger partial charge is 0.0931 e. The monoisotopic (exact) mass is 343 g/mol. The number of H-pyrrole nitrogens is 1. The molecule has 0 aliphatic carbocycles. The molecule has 24 heavy (non-hydrogen) atoms. The number of fused-ring (bicyclic) bond motifs is 1. The van der Waals surface area contributed by atoms with Gasteiger partial charge in [0.15, 0.2) is 0 Å². The van der Waals surface area contributed by atoms with Crippen molar-refractivity contribution >= 4 is 23.4 Å². The van der Waals surface area contributed by atoms with Crippen molar-refractivity contribution in [1.82, 2.24) is 15.3 Å². The van der Waals surface area contributed by atoms with Gasteiger partial charge in [-0.3, -0.25) is 0 Å². The van der Waals surface area contributed by atoms with E-state index in [4.69, 9.17) is 0 Å². The van der Waals surface area contributed by atoms with E-state index in [-0.39, 0.29) is 12.4 Å². The number of hydrogen-bond acceptors (Lipinski definition) is 2. The van der Waals surface area contributed by atoms with Crippen molar-refractivity contribution in [2.24, 2.45) is 5.92 Å². The fourth-order valence-electron chi connectivity index (χ4n) is 2.89. The molecule has 0 aliphatic heterocycles. The number of halogens is 1. The predicted molar refractivity (Wildman–Crippen MR) is 105 cm³/mol. The first kappa shape index (κ1) is 18.5. The molecule has 128 valence electrons. The van der Waals surface area contributed by atoms with Crippen molar-refractivity contribution in [1.29, 1.82) is 0 Å². The number of benzene rings is 2. The van der Waals surface area contributed by atoms with E-state index in [9.17, 15) is 0 Å². The highest BCUT2D eigenvalue weighted by atomic mass is 35.5. The van der Waals surface area contributed by atoms with Gasteiger partial charge in [-0.15, -0.1) is 12.4 Å². The number of nitrogens with zero attached hydrogens (tertiary/aromatic N) is 1. The van der Waals surface area contributed by atoms with Crippen LogP contribution in [0.5, 0.6) is 0 Å². The summed E-state index contributed by atoms with van der Waals surface area (Å²) in [4.78, 5) is 7.59. The average Bonchev–Trinajstić information content (AvgIpc) is 3.02. The summed E-state index contributed by atoms with van der Waals surface area (Å²) in [7, 11) is 0. The Bertz CT molecular complexity index is 775. The molecule has 0 spiro atoms. The van der Waals surface area contributed by atoms with Gasteiger partial charge in [0.05, 0.1) is 17.4 Å². The van der Waals surface area contributed by atoms with Crippen LogP contribution in [0.2, 0.25) is 0 Å². The highest BCUT2D eigenvalue weighted by Crippen LogP contribution is 2.28. The molecule has 0 bridgehead atoms. The lowest BCUT2D eigenvalue weighted by molar-refractivity contribution is 0.537. The zero-order valence-electron chi connectivity index (χ0n) is 14.6. The molecule has 3 rings (SSSR count). The molecule has 0 saturated carbocycles. The number of aryl methyl sites for hydroxylation is 1. The summed E-state index contributed by atoms with van der Waals surface area (Å²) in [6, 6.07) is 13.1. The van der Waals surface area contributed by atoms with Crippen molar-refractivity contribution in [2.75, 3.05) is 6.54 Å². The van der Waals surface area contributed by atoms with Gasteiger partial charge in [-0.25, -0.2) is 4.98 Å². The van der Waals surface area contributed by atoms with Gasteiger partial charge in [0.2, 0.25) is 0 Å². The first-order valence-electron chi connectivity index (χ1n) is 8.38. The van der Waals surface area contributed by atoms with E-state index in [1.807, 2.05) is 0 Å². The summed E-state index contributed by atoms with van der Waals surface area (Å²) in [5, 5.41) is 3.51. The minimum Gasteiger partial charge on any atom is -0.345 e. The minimum atomic E-state index is 0. The molecule has 0 atom stereocenters.